The molecule has 2 rings (SSSR count). The van der Waals surface area contributed by atoms with Crippen LogP contribution in [0.2, 0.25) is 0 Å². The second-order valence-corrected chi connectivity index (χ2v) is 5.21. The van der Waals surface area contributed by atoms with Crippen LogP contribution in [0.1, 0.15) is 39.0 Å². The molecule has 1 saturated carbocycles. The van der Waals surface area contributed by atoms with E-state index in [9.17, 15) is 5.11 Å². The molecule has 20 heavy (non-hydrogen) atoms. The summed E-state index contributed by atoms with van der Waals surface area (Å²) >= 11 is 0. The number of nitrogens with two attached hydrogens (primary N) is 1. The summed E-state index contributed by atoms with van der Waals surface area (Å²) in [6.45, 7) is 3.52. The average Bonchev–Trinajstić information content (AvgIpc) is 2.45. The van der Waals surface area contributed by atoms with Crippen molar-refractivity contribution >= 4 is 17.6 Å². The molecule has 0 amide bonds. The number of anilines is 3. The van der Waals surface area contributed by atoms with Crippen molar-refractivity contribution in [1.82, 2.24) is 9.97 Å². The smallest absolute Gasteiger partial charge is 0.223 e. The molecule has 1 aliphatic rings. The number of nitrogens with zero attached hydrogens (tertiary/aromatic N) is 3. The summed E-state index contributed by atoms with van der Waals surface area (Å²) in [6.07, 6.45) is 6.10. The summed E-state index contributed by atoms with van der Waals surface area (Å²) in [4.78, 5) is 10.7. The lowest BCUT2D eigenvalue weighted by Crippen LogP contribution is -2.39. The van der Waals surface area contributed by atoms with Crippen LogP contribution in [-0.4, -0.2) is 40.8 Å². The molecule has 0 saturated heterocycles. The van der Waals surface area contributed by atoms with Crippen molar-refractivity contribution < 1.29 is 5.11 Å². The summed E-state index contributed by atoms with van der Waals surface area (Å²) in [5.74, 6) is 1.83. The van der Waals surface area contributed by atoms with Gasteiger partial charge >= 0.3 is 0 Å². The molecular formula is C14H25N5O. The van der Waals surface area contributed by atoms with Crippen LogP contribution in [0.15, 0.2) is 6.07 Å². The molecule has 4 N–H and O–H groups in total. The monoisotopic (exact) mass is 279 g/mol. The van der Waals surface area contributed by atoms with Crippen molar-refractivity contribution in [3.05, 3.63) is 6.07 Å². The van der Waals surface area contributed by atoms with Crippen molar-refractivity contribution in [1.29, 1.82) is 0 Å². The van der Waals surface area contributed by atoms with E-state index in [1.165, 1.54) is 19.3 Å². The predicted octanol–water partition coefficient (Wildman–Crippen LogP) is 1.62. The molecule has 0 aliphatic heterocycles. The van der Waals surface area contributed by atoms with Crippen molar-refractivity contribution in [2.75, 3.05) is 35.6 Å². The maximum atomic E-state index is 9.34. The highest BCUT2D eigenvalue weighted by molar-refractivity contribution is 5.53. The van der Waals surface area contributed by atoms with E-state index in [0.29, 0.717) is 12.6 Å². The van der Waals surface area contributed by atoms with E-state index in [1.807, 2.05) is 13.0 Å². The van der Waals surface area contributed by atoms with Gasteiger partial charge in [0, 0.05) is 25.2 Å². The number of hydrogen-bond acceptors (Lipinski definition) is 6. The van der Waals surface area contributed by atoms with E-state index in [0.717, 1.165) is 31.0 Å². The van der Waals surface area contributed by atoms with E-state index in [2.05, 4.69) is 20.2 Å². The first-order chi connectivity index (χ1) is 9.74. The Kier molecular flexibility index (Phi) is 5.40. The van der Waals surface area contributed by atoms with Crippen molar-refractivity contribution in [3.63, 3.8) is 0 Å². The van der Waals surface area contributed by atoms with Crippen LogP contribution >= 0.6 is 0 Å². The van der Waals surface area contributed by atoms with Gasteiger partial charge < -0.3 is 21.1 Å². The number of aromatic nitrogens is 2. The van der Waals surface area contributed by atoms with Gasteiger partial charge in [-0.15, -0.1) is 0 Å². The molecule has 0 unspecified atom stereocenters. The summed E-state index contributed by atoms with van der Waals surface area (Å²) in [5, 5.41) is 12.5. The van der Waals surface area contributed by atoms with Gasteiger partial charge in [-0.3, -0.25) is 0 Å². The van der Waals surface area contributed by atoms with Crippen LogP contribution in [0.25, 0.3) is 0 Å². The Labute approximate surface area is 120 Å². The Bertz CT molecular complexity index is 420. The summed E-state index contributed by atoms with van der Waals surface area (Å²) in [7, 11) is 0. The van der Waals surface area contributed by atoms with Gasteiger partial charge in [0.05, 0.1) is 6.61 Å². The van der Waals surface area contributed by atoms with Crippen LogP contribution in [0, 0.1) is 0 Å². The van der Waals surface area contributed by atoms with E-state index in [-0.39, 0.29) is 12.6 Å². The van der Waals surface area contributed by atoms with Crippen molar-refractivity contribution in [2.24, 2.45) is 0 Å². The number of rotatable bonds is 6. The number of aliphatic hydroxyl groups is 1. The fourth-order valence-corrected chi connectivity index (χ4v) is 2.86. The second-order valence-electron chi connectivity index (χ2n) is 5.21. The largest absolute Gasteiger partial charge is 0.395 e. The predicted molar refractivity (Wildman–Crippen MR) is 81.9 cm³/mol. The van der Waals surface area contributed by atoms with Crippen LogP contribution in [0.4, 0.5) is 17.6 Å². The molecule has 0 spiro atoms. The molecule has 0 radical (unpaired) electrons. The fraction of sp³-hybridized carbons (Fsp3) is 0.714. The van der Waals surface area contributed by atoms with E-state index >= 15 is 0 Å². The Hall–Kier alpha value is -1.56. The normalized spacial score (nSPS) is 16.1. The topological polar surface area (TPSA) is 87.3 Å². The van der Waals surface area contributed by atoms with Gasteiger partial charge in [0.1, 0.15) is 11.6 Å². The molecule has 112 valence electrons. The quantitative estimate of drug-likeness (QED) is 0.733. The third-order valence-corrected chi connectivity index (χ3v) is 3.74. The van der Waals surface area contributed by atoms with Gasteiger partial charge in [-0.25, -0.2) is 0 Å². The number of hydrogen-bond donors (Lipinski definition) is 3. The Morgan fingerprint density at radius 3 is 2.75 bits per heavy atom. The summed E-state index contributed by atoms with van der Waals surface area (Å²) in [5.41, 5.74) is 5.80. The van der Waals surface area contributed by atoms with Crippen LogP contribution < -0.4 is 16.0 Å². The molecule has 0 atom stereocenters. The highest BCUT2D eigenvalue weighted by Crippen LogP contribution is 2.27. The number of aliphatic hydroxyl groups excluding tert-OH is 1. The van der Waals surface area contributed by atoms with Gasteiger partial charge in [-0.2, -0.15) is 9.97 Å². The maximum absolute atomic E-state index is 9.34. The third kappa shape index (κ3) is 3.72. The van der Waals surface area contributed by atoms with Crippen LogP contribution in [0.5, 0.6) is 0 Å². The van der Waals surface area contributed by atoms with Gasteiger partial charge in [0.25, 0.3) is 0 Å². The lowest BCUT2D eigenvalue weighted by molar-refractivity contribution is 0.289. The highest BCUT2D eigenvalue weighted by Gasteiger charge is 2.22. The fourth-order valence-electron chi connectivity index (χ4n) is 2.86. The molecule has 6 nitrogen and oxygen atoms in total. The van der Waals surface area contributed by atoms with Gasteiger partial charge in [-0.05, 0) is 19.8 Å². The van der Waals surface area contributed by atoms with Crippen molar-refractivity contribution in [2.45, 2.75) is 45.1 Å². The summed E-state index contributed by atoms with van der Waals surface area (Å²) < 4.78 is 0. The summed E-state index contributed by atoms with van der Waals surface area (Å²) in [6, 6.07) is 2.36. The van der Waals surface area contributed by atoms with Gasteiger partial charge in [-0.1, -0.05) is 19.3 Å². The first-order valence-electron chi connectivity index (χ1n) is 7.50. The highest BCUT2D eigenvalue weighted by atomic mass is 16.3. The zero-order valence-electron chi connectivity index (χ0n) is 12.2. The number of nitrogens with one attached hydrogen (secondary N) is 1. The van der Waals surface area contributed by atoms with Gasteiger partial charge in [0.15, 0.2) is 0 Å². The molecule has 1 aliphatic carbocycles. The minimum Gasteiger partial charge on any atom is -0.395 e. The molecule has 6 heteroatoms. The van der Waals surface area contributed by atoms with E-state index in [4.69, 9.17) is 5.73 Å². The molecule has 1 aromatic rings. The SMILES string of the molecule is CCNc1cc(N(CCO)C2CCCCC2)nc(N)n1. The Morgan fingerprint density at radius 2 is 2.10 bits per heavy atom. The van der Waals surface area contributed by atoms with E-state index in [1.54, 1.807) is 0 Å². The first-order valence-corrected chi connectivity index (χ1v) is 7.50. The molecule has 1 heterocycles. The zero-order valence-corrected chi connectivity index (χ0v) is 12.2. The molecule has 1 aromatic heterocycles. The zero-order chi connectivity index (χ0) is 14.4. The van der Waals surface area contributed by atoms with Gasteiger partial charge in [0.2, 0.25) is 5.95 Å². The van der Waals surface area contributed by atoms with Crippen LogP contribution in [0.3, 0.4) is 0 Å². The lowest BCUT2D eigenvalue weighted by Gasteiger charge is -2.35. The number of nitrogen functional groups attached to an aromatic ring is 1. The minimum absolute atomic E-state index is 0.122. The minimum atomic E-state index is 0.122. The van der Waals surface area contributed by atoms with E-state index < -0.39 is 0 Å². The maximum Gasteiger partial charge on any atom is 0.223 e. The first kappa shape index (κ1) is 14.8. The average molecular weight is 279 g/mol. The Morgan fingerprint density at radius 1 is 1.35 bits per heavy atom. The second kappa shape index (κ2) is 7.28. The molecular weight excluding hydrogens is 254 g/mol. The molecule has 0 bridgehead atoms. The van der Waals surface area contributed by atoms with Crippen molar-refractivity contribution in [3.8, 4) is 0 Å². The standard InChI is InChI=1S/C14H25N5O/c1-2-16-12-10-13(18-14(15)17-12)19(8-9-20)11-6-4-3-5-7-11/h10-11,20H,2-9H2,1H3,(H3,15,16,17,18). The Balaban J connectivity index is 2.22. The molecule has 0 aromatic carbocycles. The lowest BCUT2D eigenvalue weighted by atomic mass is 9.94. The third-order valence-electron chi connectivity index (χ3n) is 3.74. The van der Waals surface area contributed by atoms with Crippen LogP contribution in [-0.2, 0) is 0 Å². The molecule has 1 fully saturated rings.